The number of rotatable bonds is 10. The average molecular weight is 539 g/mol. The van der Waals surface area contributed by atoms with Crippen molar-refractivity contribution in [3.05, 3.63) is 129 Å². The maximum Gasteiger partial charge on any atom is 0.407 e. The second-order valence-corrected chi connectivity index (χ2v) is 9.39. The summed E-state index contributed by atoms with van der Waals surface area (Å²) >= 11 is 0. The Morgan fingerprint density at radius 2 is 1.52 bits per heavy atom. The minimum Gasteiger partial charge on any atom is -0.489 e. The number of nitrogens with zero attached hydrogens (tertiary/aromatic N) is 1. The number of carbonyl (C=O) groups excluding carboxylic acids is 1. The normalized spacial score (nSPS) is 12.6. The van der Waals surface area contributed by atoms with E-state index in [2.05, 4.69) is 5.32 Å². The number of nitro benzene ring substituents is 1. The van der Waals surface area contributed by atoms with Gasteiger partial charge in [-0.25, -0.2) is 9.59 Å². The monoisotopic (exact) mass is 538 g/mol. The summed E-state index contributed by atoms with van der Waals surface area (Å²) < 4.78 is 11.4. The summed E-state index contributed by atoms with van der Waals surface area (Å²) in [6.45, 7) is 0.206. The minimum atomic E-state index is -1.41. The number of benzene rings is 4. The lowest BCUT2D eigenvalue weighted by Crippen LogP contribution is -2.43. The maximum atomic E-state index is 12.8. The Morgan fingerprint density at radius 3 is 2.15 bits per heavy atom. The van der Waals surface area contributed by atoms with E-state index in [4.69, 9.17) is 9.47 Å². The first-order valence-electron chi connectivity index (χ1n) is 12.7. The van der Waals surface area contributed by atoms with Gasteiger partial charge in [0.2, 0.25) is 0 Å². The Kier molecular flexibility index (Phi) is 7.72. The molecule has 9 heteroatoms. The van der Waals surface area contributed by atoms with Gasteiger partial charge in [0, 0.05) is 30.0 Å². The number of amides is 1. The van der Waals surface area contributed by atoms with Crippen LogP contribution in [0, 0.1) is 10.1 Å². The molecule has 40 heavy (non-hydrogen) atoms. The molecule has 0 heterocycles. The molecule has 0 fully saturated rings. The van der Waals surface area contributed by atoms with Gasteiger partial charge >= 0.3 is 12.1 Å². The Morgan fingerprint density at radius 1 is 0.900 bits per heavy atom. The molecule has 1 aliphatic rings. The van der Waals surface area contributed by atoms with Gasteiger partial charge in [-0.15, -0.1) is 0 Å². The number of nitro groups is 1. The second kappa shape index (κ2) is 11.7. The first-order valence-corrected chi connectivity index (χ1v) is 12.7. The van der Waals surface area contributed by atoms with E-state index in [0.717, 1.165) is 27.8 Å². The Balaban J connectivity index is 1.29. The predicted molar refractivity (Wildman–Crippen MR) is 147 cm³/mol. The lowest BCUT2D eigenvalue weighted by molar-refractivity contribution is -0.384. The van der Waals surface area contributed by atoms with Gasteiger partial charge in [-0.2, -0.15) is 0 Å². The molecule has 0 saturated heterocycles. The molecule has 202 valence electrons. The maximum absolute atomic E-state index is 12.8. The number of hydrogen-bond donors (Lipinski definition) is 2. The molecule has 4 aromatic carbocycles. The van der Waals surface area contributed by atoms with Crippen molar-refractivity contribution in [1.29, 1.82) is 0 Å². The van der Waals surface area contributed by atoms with Gasteiger partial charge in [-0.1, -0.05) is 78.9 Å². The third-order valence-corrected chi connectivity index (χ3v) is 6.85. The number of nitrogens with one attached hydrogen (secondary N) is 1. The summed E-state index contributed by atoms with van der Waals surface area (Å²) in [7, 11) is 0. The molecule has 5 rings (SSSR count). The molecular formula is C31H26N2O7. The van der Waals surface area contributed by atoms with Gasteiger partial charge in [-0.05, 0) is 33.9 Å². The van der Waals surface area contributed by atoms with Gasteiger partial charge in [0.15, 0.2) is 0 Å². The first-order chi connectivity index (χ1) is 19.4. The third kappa shape index (κ3) is 5.78. The van der Waals surface area contributed by atoms with Gasteiger partial charge in [0.1, 0.15) is 25.0 Å². The molecule has 0 spiro atoms. The molecule has 2 N–H and O–H groups in total. The van der Waals surface area contributed by atoms with Gasteiger partial charge in [0.25, 0.3) is 5.69 Å². The fourth-order valence-corrected chi connectivity index (χ4v) is 4.92. The summed E-state index contributed by atoms with van der Waals surface area (Å²) in [5.41, 5.74) is 5.14. The van der Waals surface area contributed by atoms with E-state index in [9.17, 15) is 24.8 Å². The highest BCUT2D eigenvalue weighted by Gasteiger charge is 2.30. The van der Waals surface area contributed by atoms with Crippen LogP contribution in [0.15, 0.2) is 97.1 Å². The van der Waals surface area contributed by atoms with E-state index in [1.165, 1.54) is 18.2 Å². The fourth-order valence-electron chi connectivity index (χ4n) is 4.92. The number of fused-ring (bicyclic) bond motifs is 3. The molecule has 0 bridgehead atoms. The van der Waals surface area contributed by atoms with Crippen molar-refractivity contribution < 1.29 is 29.1 Å². The SMILES string of the molecule is O=C(N[C@@H](Cc1cc([N+](=O)[O-])ccc1OCc1ccccc1)C(=O)O)OCC1c2ccccc2-c2ccccc21. The third-order valence-electron chi connectivity index (χ3n) is 6.85. The summed E-state index contributed by atoms with van der Waals surface area (Å²) in [5.74, 6) is -1.21. The molecule has 4 aromatic rings. The van der Waals surface area contributed by atoms with Crippen molar-refractivity contribution in [3.8, 4) is 16.9 Å². The van der Waals surface area contributed by atoms with Crippen molar-refractivity contribution in [3.63, 3.8) is 0 Å². The molecular weight excluding hydrogens is 512 g/mol. The van der Waals surface area contributed by atoms with E-state index < -0.39 is 23.0 Å². The van der Waals surface area contributed by atoms with Crippen LogP contribution in [0.25, 0.3) is 11.1 Å². The van der Waals surface area contributed by atoms with Crippen LogP contribution in [0.4, 0.5) is 10.5 Å². The minimum absolute atomic E-state index is 0.0223. The Labute approximate surface area is 230 Å². The zero-order valence-electron chi connectivity index (χ0n) is 21.4. The van der Waals surface area contributed by atoms with E-state index in [1.54, 1.807) is 0 Å². The van der Waals surface area contributed by atoms with E-state index in [-0.39, 0.29) is 42.6 Å². The number of non-ortho nitro benzene ring substituents is 1. The van der Waals surface area contributed by atoms with Crippen LogP contribution in [-0.4, -0.2) is 34.7 Å². The molecule has 0 unspecified atom stereocenters. The topological polar surface area (TPSA) is 128 Å². The number of aliphatic carboxylic acids is 1. The standard InChI is InChI=1S/C31H26N2O7/c34-30(35)28(17-21-16-22(33(37)38)14-15-29(21)39-18-20-8-2-1-3-9-20)32-31(36)40-19-27-25-12-6-4-10-23(25)24-11-5-7-13-26(24)27/h1-16,27-28H,17-19H2,(H,32,36)(H,34,35)/t28-/m0/s1. The summed E-state index contributed by atoms with van der Waals surface area (Å²) in [6, 6.07) is 27.7. The van der Waals surface area contributed by atoms with Crippen molar-refractivity contribution >= 4 is 17.7 Å². The number of carboxylic acid groups (broad SMARTS) is 1. The van der Waals surface area contributed by atoms with Crippen molar-refractivity contribution in [2.45, 2.75) is 25.0 Å². The number of carbonyl (C=O) groups is 2. The number of carboxylic acids is 1. The quantitative estimate of drug-likeness (QED) is 0.196. The lowest BCUT2D eigenvalue weighted by atomic mass is 9.98. The molecule has 0 aliphatic heterocycles. The zero-order chi connectivity index (χ0) is 28.1. The number of alkyl carbamates (subject to hydrolysis) is 1. The Hall–Kier alpha value is -5.18. The molecule has 1 atom stereocenters. The van der Waals surface area contributed by atoms with Crippen LogP contribution < -0.4 is 10.1 Å². The smallest absolute Gasteiger partial charge is 0.407 e. The van der Waals surface area contributed by atoms with Crippen LogP contribution in [0.1, 0.15) is 28.2 Å². The van der Waals surface area contributed by atoms with Crippen molar-refractivity contribution in [2.75, 3.05) is 6.61 Å². The number of hydrogen-bond acceptors (Lipinski definition) is 6. The van der Waals surface area contributed by atoms with Gasteiger partial charge < -0.3 is 19.9 Å². The molecule has 1 aliphatic carbocycles. The molecule has 0 aromatic heterocycles. The summed E-state index contributed by atoms with van der Waals surface area (Å²) in [5, 5.41) is 23.6. The molecule has 9 nitrogen and oxygen atoms in total. The van der Waals surface area contributed by atoms with Crippen molar-refractivity contribution in [2.24, 2.45) is 0 Å². The number of ether oxygens (including phenoxy) is 2. The predicted octanol–water partition coefficient (Wildman–Crippen LogP) is 5.71. The molecule has 0 saturated carbocycles. The lowest BCUT2D eigenvalue weighted by Gasteiger charge is -2.19. The van der Waals surface area contributed by atoms with Crippen LogP contribution >= 0.6 is 0 Å². The van der Waals surface area contributed by atoms with E-state index in [0.29, 0.717) is 0 Å². The van der Waals surface area contributed by atoms with Crippen LogP contribution in [0.3, 0.4) is 0 Å². The zero-order valence-corrected chi connectivity index (χ0v) is 21.4. The van der Waals surface area contributed by atoms with Gasteiger partial charge in [0.05, 0.1) is 4.92 Å². The molecule has 1 amide bonds. The van der Waals surface area contributed by atoms with Crippen molar-refractivity contribution in [1.82, 2.24) is 5.32 Å². The second-order valence-electron chi connectivity index (χ2n) is 9.39. The van der Waals surface area contributed by atoms with Gasteiger partial charge in [-0.3, -0.25) is 10.1 Å². The van der Waals surface area contributed by atoms with Crippen LogP contribution in [0.5, 0.6) is 5.75 Å². The van der Waals surface area contributed by atoms with E-state index in [1.807, 2.05) is 78.9 Å². The highest BCUT2D eigenvalue weighted by Crippen LogP contribution is 2.44. The van der Waals surface area contributed by atoms with Crippen LogP contribution in [-0.2, 0) is 22.6 Å². The fraction of sp³-hybridized carbons (Fsp3) is 0.161. The largest absolute Gasteiger partial charge is 0.489 e. The first kappa shape index (κ1) is 26.4. The highest BCUT2D eigenvalue weighted by molar-refractivity contribution is 5.81. The summed E-state index contributed by atoms with van der Waals surface area (Å²) in [6.07, 6.45) is -1.14. The summed E-state index contributed by atoms with van der Waals surface area (Å²) in [4.78, 5) is 35.7. The highest BCUT2D eigenvalue weighted by atomic mass is 16.6. The average Bonchev–Trinajstić information content (AvgIpc) is 3.29. The molecule has 0 radical (unpaired) electrons. The van der Waals surface area contributed by atoms with E-state index >= 15 is 0 Å². The van der Waals surface area contributed by atoms with Crippen LogP contribution in [0.2, 0.25) is 0 Å². The Bertz CT molecular complexity index is 1510.